The molecule has 2 aromatic heterocycles. The molecule has 0 bridgehead atoms. The minimum atomic E-state index is -0.890. The average Bonchev–Trinajstić information content (AvgIpc) is 4.07. The van der Waals surface area contributed by atoms with E-state index in [4.69, 9.17) is 11.6 Å². The Morgan fingerprint density at radius 3 is 2.02 bits per heavy atom. The number of piperidine rings is 2. The number of carbonyl (C=O) groups is 4. The van der Waals surface area contributed by atoms with Crippen molar-refractivity contribution in [2.45, 2.75) is 103 Å². The Kier molecular flexibility index (Phi) is 10.2. The number of nitrogens with one attached hydrogen (secondary N) is 1. The van der Waals surface area contributed by atoms with Crippen molar-refractivity contribution in [2.75, 3.05) is 0 Å². The van der Waals surface area contributed by atoms with E-state index in [1.54, 1.807) is 48.9 Å². The van der Waals surface area contributed by atoms with Crippen molar-refractivity contribution in [1.82, 2.24) is 25.1 Å². The van der Waals surface area contributed by atoms with Crippen LogP contribution in [0.2, 0.25) is 5.02 Å². The third-order valence-electron chi connectivity index (χ3n) is 11.2. The number of hydrogen-bond acceptors (Lipinski definition) is 7. The molecule has 3 aromatic rings. The number of carbonyl (C=O) groups excluding carboxylic acids is 4. The maximum Gasteiger partial charge on any atom is 0.255 e. The van der Waals surface area contributed by atoms with Gasteiger partial charge in [0.1, 0.15) is 17.7 Å². The highest BCUT2D eigenvalue weighted by Gasteiger charge is 2.57. The third kappa shape index (κ3) is 7.49. The number of aliphatic hydroxyl groups is 1. The predicted octanol–water partition coefficient (Wildman–Crippen LogP) is 6.59. The lowest BCUT2D eigenvalue weighted by Crippen LogP contribution is -2.49. The number of rotatable bonds is 8. The van der Waals surface area contributed by atoms with Crippen molar-refractivity contribution in [2.24, 2.45) is 17.8 Å². The van der Waals surface area contributed by atoms with Gasteiger partial charge >= 0.3 is 0 Å². The van der Waals surface area contributed by atoms with E-state index in [1.165, 1.54) is 6.20 Å². The molecule has 0 radical (unpaired) electrons. The highest BCUT2D eigenvalue weighted by atomic mass is 79.9. The smallest absolute Gasteiger partial charge is 0.255 e. The summed E-state index contributed by atoms with van der Waals surface area (Å²) in [5, 5.41) is 12.8. The van der Waals surface area contributed by atoms with Crippen LogP contribution in [0.4, 0.5) is 8.78 Å². The molecule has 5 fully saturated rings. The molecule has 14 heteroatoms. The van der Waals surface area contributed by atoms with Crippen LogP contribution in [0.1, 0.15) is 108 Å². The topological polar surface area (TPSA) is 133 Å². The van der Waals surface area contributed by atoms with Crippen molar-refractivity contribution < 1.29 is 33.1 Å². The predicted molar refractivity (Wildman–Crippen MR) is 195 cm³/mol. The lowest BCUT2D eigenvalue weighted by atomic mass is 9.99. The number of fused-ring (bicyclic) bond motifs is 2. The summed E-state index contributed by atoms with van der Waals surface area (Å²) in [5.74, 6) is -1.31. The van der Waals surface area contributed by atoms with E-state index < -0.39 is 29.8 Å². The number of ketones is 1. The van der Waals surface area contributed by atoms with Gasteiger partial charge in [0.2, 0.25) is 5.91 Å². The summed E-state index contributed by atoms with van der Waals surface area (Å²) in [7, 11) is 0. The molecule has 280 valence electrons. The fraction of sp³-hybridized carbons (Fsp3) is 0.487. The molecule has 2 N–H and O–H groups in total. The van der Waals surface area contributed by atoms with E-state index in [0.717, 1.165) is 49.9 Å². The zero-order valence-corrected chi connectivity index (χ0v) is 32.1. The molecule has 53 heavy (non-hydrogen) atoms. The van der Waals surface area contributed by atoms with Crippen molar-refractivity contribution in [3.05, 3.63) is 91.4 Å². The van der Waals surface area contributed by atoms with E-state index in [9.17, 15) is 33.1 Å². The molecule has 2 aliphatic heterocycles. The number of amides is 3. The minimum Gasteiger partial charge on any atom is -0.389 e. The molecule has 10 nitrogen and oxygen atoms in total. The molecule has 5 aliphatic rings. The van der Waals surface area contributed by atoms with Gasteiger partial charge in [-0.3, -0.25) is 29.1 Å². The average molecular weight is 813 g/mol. The number of aliphatic hydroxyl groups excluding tert-OH is 1. The molecular weight excluding hydrogens is 772 g/mol. The number of likely N-dealkylation sites (tertiary alicyclic amines) is 2. The van der Waals surface area contributed by atoms with Crippen LogP contribution >= 0.6 is 27.5 Å². The Labute approximate surface area is 319 Å². The molecule has 2 saturated heterocycles. The first-order chi connectivity index (χ1) is 25.1. The molecule has 3 saturated carbocycles. The highest BCUT2D eigenvalue weighted by Crippen LogP contribution is 2.50. The second kappa shape index (κ2) is 14.4. The molecule has 0 spiro atoms. The largest absolute Gasteiger partial charge is 0.389 e. The summed E-state index contributed by atoms with van der Waals surface area (Å²) < 4.78 is 29.4. The first-order valence-electron chi connectivity index (χ1n) is 18.0. The third-order valence-corrected chi connectivity index (χ3v) is 12.1. The SMILES string of the molecule is CC(=O)[C@H]1C[C@H]2C[C@H]2N1C(=O)c1cc(C)ncc1Br.Cc1cc(C(=O)N2[C@@H](C(=O)N[C@@H](c3cc(F)c(Cl)cc3F)C3CC3)C[C@H]3C[C@H]32)c(C(C)O)cn1. The zero-order chi connectivity index (χ0) is 38.0. The number of aromatic nitrogens is 2. The number of benzene rings is 1. The van der Waals surface area contributed by atoms with Crippen LogP contribution in [0.5, 0.6) is 0 Å². The van der Waals surface area contributed by atoms with Crippen molar-refractivity contribution in [1.29, 1.82) is 0 Å². The molecule has 3 aliphatic carbocycles. The Morgan fingerprint density at radius 1 is 0.849 bits per heavy atom. The normalized spacial score (nSPS) is 26.1. The van der Waals surface area contributed by atoms with Crippen molar-refractivity contribution in [3.63, 3.8) is 0 Å². The number of pyridine rings is 2. The van der Waals surface area contributed by atoms with E-state index in [-0.39, 0.29) is 64.1 Å². The highest BCUT2D eigenvalue weighted by molar-refractivity contribution is 9.10. The maximum absolute atomic E-state index is 14.7. The summed E-state index contributed by atoms with van der Waals surface area (Å²) in [5.41, 5.74) is 2.85. The second-order valence-corrected chi connectivity index (χ2v) is 16.4. The molecule has 8 rings (SSSR count). The summed E-state index contributed by atoms with van der Waals surface area (Å²) in [6.45, 7) is 6.76. The molecule has 8 atom stereocenters. The van der Waals surface area contributed by atoms with Gasteiger partial charge in [0.15, 0.2) is 5.78 Å². The maximum atomic E-state index is 14.7. The van der Waals surface area contributed by atoms with Crippen molar-refractivity contribution in [3.8, 4) is 0 Å². The fourth-order valence-electron chi connectivity index (χ4n) is 8.07. The van der Waals surface area contributed by atoms with Gasteiger partial charge in [0, 0.05) is 57.0 Å². The number of Topliss-reactive ketones (excluding diaryl/α,β-unsaturated/α-hetero) is 1. The standard InChI is InChI=1S/C25H26ClF2N3O3.C14H15BrN2O2/c1-11-5-15(17(10-29-11)12(2)32)25(34)31-21-6-14(21)7-22(31)24(33)30-23(13-3-4-13)16-8-20(28)18(26)9-19(16)27;1-7-3-10(11(15)6-16-7)14(19)17-12(8(2)18)4-9-5-13(9)17/h5,8-10,12-14,21-23,32H,3-4,6-7H2,1-2H3,(H,30,33);3,6,9,12-13H,4-5H2,1-2H3/t12?,14-,21-,22-,23-;9-,12+,13+/m10/s1. The number of aryl methyl sites for hydroxylation is 2. The molecule has 1 unspecified atom stereocenters. The van der Waals surface area contributed by atoms with Gasteiger partial charge in [-0.25, -0.2) is 8.78 Å². The summed E-state index contributed by atoms with van der Waals surface area (Å²) in [6.07, 6.45) is 7.04. The lowest BCUT2D eigenvalue weighted by Gasteiger charge is -2.30. The molecule has 1 aromatic carbocycles. The lowest BCUT2D eigenvalue weighted by molar-refractivity contribution is -0.126. The van der Waals surface area contributed by atoms with Crippen LogP contribution in [0.15, 0.2) is 41.1 Å². The van der Waals surface area contributed by atoms with Gasteiger partial charge < -0.3 is 20.2 Å². The van der Waals surface area contributed by atoms with Crippen LogP contribution in [-0.2, 0) is 9.59 Å². The Hall–Kier alpha value is -3.81. The number of halogens is 4. The Balaban J connectivity index is 0.000000193. The van der Waals surface area contributed by atoms with Gasteiger partial charge in [0.05, 0.1) is 28.8 Å². The van der Waals surface area contributed by atoms with Gasteiger partial charge in [-0.1, -0.05) is 11.6 Å². The van der Waals surface area contributed by atoms with Crippen LogP contribution in [-0.4, -0.2) is 72.5 Å². The number of hydrogen-bond donors (Lipinski definition) is 2. The van der Waals surface area contributed by atoms with E-state index in [1.807, 2.05) is 6.92 Å². The monoisotopic (exact) mass is 811 g/mol. The molecule has 4 heterocycles. The van der Waals surface area contributed by atoms with E-state index >= 15 is 0 Å². The first-order valence-corrected chi connectivity index (χ1v) is 19.2. The van der Waals surface area contributed by atoms with Crippen LogP contribution in [0, 0.1) is 43.2 Å². The Morgan fingerprint density at radius 2 is 1.42 bits per heavy atom. The minimum absolute atomic E-state index is 0.00352. The van der Waals surface area contributed by atoms with Gasteiger partial charge in [-0.15, -0.1) is 0 Å². The first kappa shape index (κ1) is 37.5. The van der Waals surface area contributed by atoms with Crippen LogP contribution < -0.4 is 5.32 Å². The van der Waals surface area contributed by atoms with E-state index in [0.29, 0.717) is 39.2 Å². The fourth-order valence-corrected chi connectivity index (χ4v) is 8.61. The summed E-state index contributed by atoms with van der Waals surface area (Å²) in [4.78, 5) is 63.1. The van der Waals surface area contributed by atoms with Gasteiger partial charge in [-0.05, 0) is 124 Å². The summed E-state index contributed by atoms with van der Waals surface area (Å²) >= 11 is 9.08. The quantitative estimate of drug-likeness (QED) is 0.246. The van der Waals surface area contributed by atoms with Gasteiger partial charge in [0.25, 0.3) is 11.8 Å². The van der Waals surface area contributed by atoms with Crippen LogP contribution in [0.25, 0.3) is 0 Å². The Bertz CT molecular complexity index is 2010. The van der Waals surface area contributed by atoms with Crippen molar-refractivity contribution >= 4 is 51.0 Å². The second-order valence-electron chi connectivity index (χ2n) is 15.2. The van der Waals surface area contributed by atoms with E-state index in [2.05, 4.69) is 31.2 Å². The number of nitrogens with zero attached hydrogens (tertiary/aromatic N) is 4. The van der Waals surface area contributed by atoms with Gasteiger partial charge in [-0.2, -0.15) is 0 Å². The summed E-state index contributed by atoms with van der Waals surface area (Å²) in [6, 6.07) is 3.97. The van der Waals surface area contributed by atoms with Crippen LogP contribution in [0.3, 0.4) is 0 Å². The molecule has 3 amide bonds. The zero-order valence-electron chi connectivity index (χ0n) is 29.8. The molecular formula is C39H41BrClF2N5O5.